The summed E-state index contributed by atoms with van der Waals surface area (Å²) in [4.78, 5) is 27.4. The molecule has 0 saturated heterocycles. The highest BCUT2D eigenvalue weighted by molar-refractivity contribution is 5.91. The molecule has 0 saturated carbocycles. The summed E-state index contributed by atoms with van der Waals surface area (Å²) >= 11 is 0. The van der Waals surface area contributed by atoms with Crippen molar-refractivity contribution in [3.63, 3.8) is 0 Å². The number of fused-ring (bicyclic) bond motifs is 1. The first-order valence-electron chi connectivity index (χ1n) is 10.7. The van der Waals surface area contributed by atoms with Crippen LogP contribution < -0.4 is 10.5 Å². The van der Waals surface area contributed by atoms with Crippen LogP contribution in [0, 0.1) is 0 Å². The van der Waals surface area contributed by atoms with Gasteiger partial charge in [-0.1, -0.05) is 55.5 Å². The molecule has 33 heavy (non-hydrogen) atoms. The first-order chi connectivity index (χ1) is 16.0. The van der Waals surface area contributed by atoms with Crippen LogP contribution in [0.1, 0.15) is 45.6 Å². The Kier molecular flexibility index (Phi) is 6.45. The van der Waals surface area contributed by atoms with E-state index in [9.17, 15) is 9.59 Å². The van der Waals surface area contributed by atoms with Crippen molar-refractivity contribution >= 4 is 22.8 Å². The monoisotopic (exact) mass is 442 g/mol. The predicted molar refractivity (Wildman–Crippen MR) is 127 cm³/mol. The third kappa shape index (κ3) is 4.75. The molecule has 0 radical (unpaired) electrons. The van der Waals surface area contributed by atoms with Crippen molar-refractivity contribution in [2.75, 3.05) is 7.11 Å². The molecule has 6 heteroatoms. The van der Waals surface area contributed by atoms with Gasteiger partial charge in [0.25, 0.3) is 0 Å². The zero-order chi connectivity index (χ0) is 23.4. The van der Waals surface area contributed by atoms with Crippen LogP contribution in [0.3, 0.4) is 0 Å². The second-order valence-electron chi connectivity index (χ2n) is 7.94. The number of hydrogen-bond acceptors (Lipinski definition) is 4. The van der Waals surface area contributed by atoms with Gasteiger partial charge in [-0.2, -0.15) is 0 Å². The molecule has 0 fully saturated rings. The van der Waals surface area contributed by atoms with Crippen molar-refractivity contribution in [1.82, 2.24) is 4.98 Å². The van der Waals surface area contributed by atoms with Crippen LogP contribution >= 0.6 is 0 Å². The highest BCUT2D eigenvalue weighted by atomic mass is 16.5. The molecular formula is C27H26N2O4. The number of carbonyl (C=O) groups excluding carboxylic acids is 2. The molecule has 168 valence electrons. The fraction of sp³-hybridized carbons (Fsp3) is 0.185. The van der Waals surface area contributed by atoms with Gasteiger partial charge in [0, 0.05) is 28.1 Å². The minimum Gasteiger partial charge on any atom is -0.489 e. The number of carbonyl (C=O) groups is 2. The number of nitrogens with two attached hydrogens (primary N) is 1. The van der Waals surface area contributed by atoms with E-state index in [2.05, 4.69) is 24.0 Å². The number of aromatic nitrogens is 1. The minimum atomic E-state index is -0.404. The molecule has 0 aliphatic rings. The van der Waals surface area contributed by atoms with E-state index in [4.69, 9.17) is 15.2 Å². The second-order valence-corrected chi connectivity index (χ2v) is 7.94. The van der Waals surface area contributed by atoms with Crippen LogP contribution in [-0.4, -0.2) is 24.0 Å². The number of H-pyrrole nitrogens is 1. The van der Waals surface area contributed by atoms with Crippen LogP contribution in [0.15, 0.2) is 72.8 Å². The number of primary amides is 1. The van der Waals surface area contributed by atoms with E-state index < -0.39 is 11.9 Å². The summed E-state index contributed by atoms with van der Waals surface area (Å²) in [6.45, 7) is 2.31. The number of amides is 1. The lowest BCUT2D eigenvalue weighted by molar-refractivity contribution is -0.117. The zero-order valence-corrected chi connectivity index (χ0v) is 18.6. The quantitative estimate of drug-likeness (QED) is 0.386. The summed E-state index contributed by atoms with van der Waals surface area (Å²) in [5.74, 6) is -0.107. The average Bonchev–Trinajstić information content (AvgIpc) is 3.19. The fourth-order valence-electron chi connectivity index (χ4n) is 4.10. The molecule has 1 amide bonds. The molecule has 0 spiro atoms. The van der Waals surface area contributed by atoms with Crippen molar-refractivity contribution in [2.24, 2.45) is 5.73 Å². The van der Waals surface area contributed by atoms with Crippen molar-refractivity contribution in [1.29, 1.82) is 0 Å². The van der Waals surface area contributed by atoms with Crippen LogP contribution in [0.25, 0.3) is 10.9 Å². The van der Waals surface area contributed by atoms with Crippen LogP contribution in [0.2, 0.25) is 0 Å². The van der Waals surface area contributed by atoms with E-state index in [0.29, 0.717) is 11.3 Å². The molecule has 1 atom stereocenters. The smallest absolute Gasteiger partial charge is 0.338 e. The third-order valence-electron chi connectivity index (χ3n) is 5.81. The Hall–Kier alpha value is -4.06. The van der Waals surface area contributed by atoms with Gasteiger partial charge in [-0.25, -0.2) is 4.79 Å². The Morgan fingerprint density at radius 1 is 1.00 bits per heavy atom. The Balaban J connectivity index is 1.67. The Morgan fingerprint density at radius 2 is 1.73 bits per heavy atom. The maximum absolute atomic E-state index is 12.0. The molecule has 0 bridgehead atoms. The molecule has 4 aromatic rings. The lowest BCUT2D eigenvalue weighted by Crippen LogP contribution is -2.15. The number of esters is 1. The Bertz CT molecular complexity index is 1290. The number of ether oxygens (including phenoxy) is 2. The van der Waals surface area contributed by atoms with Gasteiger partial charge in [0.2, 0.25) is 5.91 Å². The number of rotatable bonds is 8. The molecule has 1 unspecified atom stereocenters. The van der Waals surface area contributed by atoms with E-state index in [-0.39, 0.29) is 18.9 Å². The van der Waals surface area contributed by atoms with Gasteiger partial charge in [-0.15, -0.1) is 0 Å². The standard InChI is InChI=1S/C27H26N2O4/c1-17(18-8-4-3-5-9-18)26-23(15-25(28)30)22-14-20(12-13-24(22)29-26)33-16-19-10-6-7-11-21(19)27(31)32-2/h3-14,17,29H,15-16H2,1-2H3,(H2,28,30). The van der Waals surface area contributed by atoms with Gasteiger partial charge < -0.3 is 20.2 Å². The molecule has 1 heterocycles. The molecule has 6 nitrogen and oxygen atoms in total. The minimum absolute atomic E-state index is 0.0595. The summed E-state index contributed by atoms with van der Waals surface area (Å²) in [6, 6.07) is 23.0. The highest BCUT2D eigenvalue weighted by Crippen LogP contribution is 2.34. The molecule has 0 aliphatic carbocycles. The largest absolute Gasteiger partial charge is 0.489 e. The summed E-state index contributed by atoms with van der Waals surface area (Å²) in [5.41, 5.74) is 10.7. The number of nitrogens with one attached hydrogen (secondary N) is 1. The van der Waals surface area contributed by atoms with Gasteiger partial charge in [-0.3, -0.25) is 4.79 Å². The maximum Gasteiger partial charge on any atom is 0.338 e. The summed E-state index contributed by atoms with van der Waals surface area (Å²) in [6.07, 6.45) is 0.126. The van der Waals surface area contributed by atoms with Gasteiger partial charge in [-0.05, 0) is 35.4 Å². The first-order valence-corrected chi connectivity index (χ1v) is 10.7. The number of methoxy groups -OCH3 is 1. The van der Waals surface area contributed by atoms with E-state index in [1.807, 2.05) is 48.5 Å². The van der Waals surface area contributed by atoms with E-state index >= 15 is 0 Å². The lowest BCUT2D eigenvalue weighted by atomic mass is 9.93. The number of benzene rings is 3. The lowest BCUT2D eigenvalue weighted by Gasteiger charge is -2.13. The average molecular weight is 443 g/mol. The zero-order valence-electron chi connectivity index (χ0n) is 18.6. The highest BCUT2D eigenvalue weighted by Gasteiger charge is 2.20. The summed E-state index contributed by atoms with van der Waals surface area (Å²) in [5, 5.41) is 0.894. The van der Waals surface area contributed by atoms with Crippen molar-refractivity contribution in [3.8, 4) is 5.75 Å². The van der Waals surface area contributed by atoms with Crippen LogP contribution in [-0.2, 0) is 22.6 Å². The molecule has 3 aromatic carbocycles. The summed E-state index contributed by atoms with van der Waals surface area (Å²) < 4.78 is 10.9. The van der Waals surface area contributed by atoms with E-state index in [1.165, 1.54) is 7.11 Å². The number of aromatic amines is 1. The molecule has 3 N–H and O–H groups in total. The van der Waals surface area contributed by atoms with Crippen LogP contribution in [0.4, 0.5) is 0 Å². The van der Waals surface area contributed by atoms with Gasteiger partial charge >= 0.3 is 5.97 Å². The van der Waals surface area contributed by atoms with Crippen molar-refractivity contribution in [2.45, 2.75) is 25.9 Å². The molecular weight excluding hydrogens is 416 g/mol. The van der Waals surface area contributed by atoms with Gasteiger partial charge in [0.05, 0.1) is 19.1 Å². The van der Waals surface area contributed by atoms with E-state index in [1.54, 1.807) is 12.1 Å². The van der Waals surface area contributed by atoms with Gasteiger partial charge in [0.15, 0.2) is 0 Å². The molecule has 1 aromatic heterocycles. The topological polar surface area (TPSA) is 94.4 Å². The second kappa shape index (κ2) is 9.61. The molecule has 4 rings (SSSR count). The normalized spacial score (nSPS) is 11.8. The van der Waals surface area contributed by atoms with Crippen molar-refractivity contribution in [3.05, 3.63) is 101 Å². The maximum atomic E-state index is 12.0. The first kappa shape index (κ1) is 22.1. The Labute approximate surface area is 192 Å². The van der Waals surface area contributed by atoms with E-state index in [0.717, 1.165) is 33.3 Å². The molecule has 0 aliphatic heterocycles. The Morgan fingerprint density at radius 3 is 2.45 bits per heavy atom. The van der Waals surface area contributed by atoms with Crippen LogP contribution in [0.5, 0.6) is 5.75 Å². The third-order valence-corrected chi connectivity index (χ3v) is 5.81. The fourth-order valence-corrected chi connectivity index (χ4v) is 4.10. The number of hydrogen-bond donors (Lipinski definition) is 2. The summed E-state index contributed by atoms with van der Waals surface area (Å²) in [7, 11) is 1.36. The predicted octanol–water partition coefficient (Wildman–Crippen LogP) is 4.71. The van der Waals surface area contributed by atoms with Crippen molar-refractivity contribution < 1.29 is 19.1 Å². The van der Waals surface area contributed by atoms with Gasteiger partial charge in [0.1, 0.15) is 12.4 Å². The SMILES string of the molecule is COC(=O)c1ccccc1COc1ccc2[nH]c(C(C)c3ccccc3)c(CC(N)=O)c2c1.